The first-order valence-corrected chi connectivity index (χ1v) is 9.08. The zero-order valence-electron chi connectivity index (χ0n) is 14.4. The molecule has 0 saturated carbocycles. The van der Waals surface area contributed by atoms with Crippen LogP contribution in [0.2, 0.25) is 0 Å². The summed E-state index contributed by atoms with van der Waals surface area (Å²) in [6, 6.07) is 14.2. The van der Waals surface area contributed by atoms with Crippen LogP contribution in [-0.4, -0.2) is 30.4 Å². The van der Waals surface area contributed by atoms with Crippen molar-refractivity contribution >= 4 is 23.2 Å². The molecule has 0 fully saturated rings. The summed E-state index contributed by atoms with van der Waals surface area (Å²) in [6.45, 7) is 0.981. The molecular weight excluding hydrogens is 350 g/mol. The number of ether oxygens (including phenoxy) is 1. The second kappa shape index (κ2) is 8.49. The molecule has 1 amide bonds. The van der Waals surface area contributed by atoms with Crippen LogP contribution in [0.15, 0.2) is 64.6 Å². The van der Waals surface area contributed by atoms with E-state index < -0.39 is 5.97 Å². The van der Waals surface area contributed by atoms with Gasteiger partial charge >= 0.3 is 5.97 Å². The first-order chi connectivity index (χ1) is 12.7. The van der Waals surface area contributed by atoms with Gasteiger partial charge in [-0.1, -0.05) is 6.07 Å². The van der Waals surface area contributed by atoms with Gasteiger partial charge in [-0.15, -0.1) is 11.3 Å². The third-order valence-electron chi connectivity index (χ3n) is 3.98. The van der Waals surface area contributed by atoms with E-state index in [0.29, 0.717) is 24.2 Å². The molecule has 0 bridgehead atoms. The number of carbonyl (C=O) groups excluding carboxylic acids is 2. The molecule has 6 heteroatoms. The summed E-state index contributed by atoms with van der Waals surface area (Å²) in [4.78, 5) is 27.5. The number of hydrogen-bond donors (Lipinski definition) is 0. The van der Waals surface area contributed by atoms with E-state index in [0.717, 1.165) is 12.2 Å². The Morgan fingerprint density at radius 1 is 1.08 bits per heavy atom. The van der Waals surface area contributed by atoms with Crippen molar-refractivity contribution < 1.29 is 18.7 Å². The predicted molar refractivity (Wildman–Crippen MR) is 99.3 cm³/mol. The van der Waals surface area contributed by atoms with Crippen LogP contribution < -0.4 is 0 Å². The van der Waals surface area contributed by atoms with E-state index in [-0.39, 0.29) is 5.91 Å². The summed E-state index contributed by atoms with van der Waals surface area (Å²) in [6.07, 6.45) is 2.38. The molecule has 134 valence electrons. The summed E-state index contributed by atoms with van der Waals surface area (Å²) in [5.74, 6) is 0.208. The molecule has 0 aliphatic carbocycles. The molecular formula is C20H19NO4S. The first-order valence-electron chi connectivity index (χ1n) is 8.20. The van der Waals surface area contributed by atoms with Crippen LogP contribution in [0, 0.1) is 0 Å². The molecule has 2 aromatic heterocycles. The maximum absolute atomic E-state index is 13.0. The SMILES string of the molecule is COC(=O)c1ccc(C(=O)N(CCc2cccs2)Cc2ccco2)cc1. The summed E-state index contributed by atoms with van der Waals surface area (Å²) < 4.78 is 10.1. The summed E-state index contributed by atoms with van der Waals surface area (Å²) in [5.41, 5.74) is 0.940. The number of amides is 1. The number of benzene rings is 1. The van der Waals surface area contributed by atoms with Gasteiger partial charge in [0.1, 0.15) is 5.76 Å². The van der Waals surface area contributed by atoms with Crippen molar-refractivity contribution in [2.45, 2.75) is 13.0 Å². The van der Waals surface area contributed by atoms with Crippen molar-refractivity contribution in [2.75, 3.05) is 13.7 Å². The Hall–Kier alpha value is -2.86. The zero-order chi connectivity index (χ0) is 18.4. The van der Waals surface area contributed by atoms with Crippen molar-refractivity contribution in [1.29, 1.82) is 0 Å². The fourth-order valence-electron chi connectivity index (χ4n) is 2.59. The van der Waals surface area contributed by atoms with E-state index in [9.17, 15) is 9.59 Å². The van der Waals surface area contributed by atoms with Gasteiger partial charge < -0.3 is 14.1 Å². The molecule has 0 spiro atoms. The van der Waals surface area contributed by atoms with E-state index in [1.807, 2.05) is 23.6 Å². The summed E-state index contributed by atoms with van der Waals surface area (Å²) in [7, 11) is 1.33. The Balaban J connectivity index is 1.75. The van der Waals surface area contributed by atoms with Crippen molar-refractivity contribution in [2.24, 2.45) is 0 Å². The van der Waals surface area contributed by atoms with E-state index in [1.54, 1.807) is 46.8 Å². The molecule has 0 saturated heterocycles. The minimum atomic E-state index is -0.422. The fraction of sp³-hybridized carbons (Fsp3) is 0.200. The zero-order valence-corrected chi connectivity index (χ0v) is 15.2. The van der Waals surface area contributed by atoms with Gasteiger partial charge in [0.25, 0.3) is 5.91 Å². The molecule has 2 heterocycles. The highest BCUT2D eigenvalue weighted by molar-refractivity contribution is 7.09. The fourth-order valence-corrected chi connectivity index (χ4v) is 3.29. The van der Waals surface area contributed by atoms with Crippen molar-refractivity contribution in [1.82, 2.24) is 4.90 Å². The Bertz CT molecular complexity index is 839. The molecule has 5 nitrogen and oxygen atoms in total. The number of nitrogens with zero attached hydrogens (tertiary/aromatic N) is 1. The molecule has 1 aromatic carbocycles. The van der Waals surface area contributed by atoms with Gasteiger partial charge in [-0.2, -0.15) is 0 Å². The Morgan fingerprint density at radius 2 is 1.85 bits per heavy atom. The van der Waals surface area contributed by atoms with E-state index in [1.165, 1.54) is 12.0 Å². The molecule has 0 radical (unpaired) electrons. The average molecular weight is 369 g/mol. The lowest BCUT2D eigenvalue weighted by Crippen LogP contribution is -2.32. The third-order valence-corrected chi connectivity index (χ3v) is 4.91. The van der Waals surface area contributed by atoms with E-state index in [2.05, 4.69) is 10.8 Å². The maximum atomic E-state index is 13.0. The Kier molecular flexibility index (Phi) is 5.86. The van der Waals surface area contributed by atoms with Gasteiger partial charge in [0.15, 0.2) is 0 Å². The minimum Gasteiger partial charge on any atom is -0.467 e. The number of rotatable bonds is 7. The van der Waals surface area contributed by atoms with Gasteiger partial charge in [-0.3, -0.25) is 4.79 Å². The van der Waals surface area contributed by atoms with Crippen LogP contribution in [0.5, 0.6) is 0 Å². The predicted octanol–water partition coefficient (Wildman–Crippen LogP) is 4.01. The molecule has 0 N–H and O–H groups in total. The largest absolute Gasteiger partial charge is 0.467 e. The van der Waals surface area contributed by atoms with Crippen molar-refractivity contribution in [3.8, 4) is 0 Å². The molecule has 26 heavy (non-hydrogen) atoms. The molecule has 0 unspecified atom stereocenters. The van der Waals surface area contributed by atoms with Gasteiger partial charge in [-0.25, -0.2) is 4.79 Å². The average Bonchev–Trinajstić information content (AvgIpc) is 3.38. The number of carbonyl (C=O) groups is 2. The van der Waals surface area contributed by atoms with Crippen molar-refractivity contribution in [3.63, 3.8) is 0 Å². The molecule has 3 rings (SSSR count). The smallest absolute Gasteiger partial charge is 0.337 e. The Morgan fingerprint density at radius 3 is 2.46 bits per heavy atom. The highest BCUT2D eigenvalue weighted by Gasteiger charge is 2.18. The monoisotopic (exact) mass is 369 g/mol. The van der Waals surface area contributed by atoms with Gasteiger partial charge in [0.05, 0.1) is 25.5 Å². The molecule has 3 aromatic rings. The maximum Gasteiger partial charge on any atom is 0.337 e. The van der Waals surface area contributed by atoms with Gasteiger partial charge in [-0.05, 0) is 54.3 Å². The second-order valence-corrected chi connectivity index (χ2v) is 6.74. The standard InChI is InChI=1S/C20H19NO4S/c1-24-20(23)16-8-6-15(7-9-16)19(22)21(14-17-4-2-12-25-17)11-10-18-5-3-13-26-18/h2-9,12-13H,10-11,14H2,1H3. The van der Waals surface area contributed by atoms with Crippen LogP contribution in [0.3, 0.4) is 0 Å². The molecule has 0 atom stereocenters. The quantitative estimate of drug-likeness (QED) is 0.591. The van der Waals surface area contributed by atoms with Crippen LogP contribution >= 0.6 is 11.3 Å². The highest BCUT2D eigenvalue weighted by Crippen LogP contribution is 2.15. The summed E-state index contributed by atoms with van der Waals surface area (Å²) in [5, 5.41) is 2.03. The molecule has 0 aliphatic heterocycles. The number of hydrogen-bond acceptors (Lipinski definition) is 5. The molecule has 0 aliphatic rings. The van der Waals surface area contributed by atoms with E-state index in [4.69, 9.17) is 4.42 Å². The van der Waals surface area contributed by atoms with Crippen LogP contribution in [-0.2, 0) is 17.7 Å². The third kappa shape index (κ3) is 4.40. The lowest BCUT2D eigenvalue weighted by molar-refractivity contribution is 0.0599. The topological polar surface area (TPSA) is 59.8 Å². The van der Waals surface area contributed by atoms with Gasteiger partial charge in [0, 0.05) is 17.0 Å². The second-order valence-electron chi connectivity index (χ2n) is 5.70. The van der Waals surface area contributed by atoms with Gasteiger partial charge in [0.2, 0.25) is 0 Å². The van der Waals surface area contributed by atoms with Crippen LogP contribution in [0.1, 0.15) is 31.4 Å². The number of furan rings is 1. The van der Waals surface area contributed by atoms with Crippen LogP contribution in [0.4, 0.5) is 0 Å². The minimum absolute atomic E-state index is 0.102. The Labute approximate surface area is 155 Å². The number of thiophene rings is 1. The number of methoxy groups -OCH3 is 1. The van der Waals surface area contributed by atoms with E-state index >= 15 is 0 Å². The first kappa shape index (κ1) is 17.9. The lowest BCUT2D eigenvalue weighted by atomic mass is 10.1. The summed E-state index contributed by atoms with van der Waals surface area (Å²) >= 11 is 1.68. The van der Waals surface area contributed by atoms with Crippen LogP contribution in [0.25, 0.3) is 0 Å². The normalized spacial score (nSPS) is 10.5. The van der Waals surface area contributed by atoms with Crippen molar-refractivity contribution in [3.05, 3.63) is 81.9 Å². The lowest BCUT2D eigenvalue weighted by Gasteiger charge is -2.21. The number of esters is 1. The highest BCUT2D eigenvalue weighted by atomic mass is 32.1.